The molecular weight excluding hydrogens is 550 g/mol. The number of hydrogen-bond donors (Lipinski definition) is 1. The van der Waals surface area contributed by atoms with E-state index in [0.717, 1.165) is 20.3 Å². The zero-order chi connectivity index (χ0) is 22.4. The van der Waals surface area contributed by atoms with E-state index < -0.39 is 0 Å². The van der Waals surface area contributed by atoms with Gasteiger partial charge in [-0.15, -0.1) is 10.2 Å². The van der Waals surface area contributed by atoms with Crippen LogP contribution in [0.15, 0.2) is 55.6 Å². The number of nitrogens with one attached hydrogen (secondary N) is 1. The molecule has 31 heavy (non-hydrogen) atoms. The van der Waals surface area contributed by atoms with Gasteiger partial charge in [-0.1, -0.05) is 39.8 Å². The van der Waals surface area contributed by atoms with E-state index in [1.807, 2.05) is 35.9 Å². The summed E-state index contributed by atoms with van der Waals surface area (Å²) in [7, 11) is 4.99. The first-order valence-corrected chi connectivity index (χ1v) is 11.5. The van der Waals surface area contributed by atoms with Gasteiger partial charge >= 0.3 is 0 Å². The number of aromatic nitrogens is 3. The third-order valence-corrected chi connectivity index (χ3v) is 6.28. The Morgan fingerprint density at radius 2 is 1.97 bits per heavy atom. The van der Waals surface area contributed by atoms with Crippen molar-refractivity contribution in [1.29, 1.82) is 0 Å². The maximum Gasteiger partial charge on any atom is 0.250 e. The van der Waals surface area contributed by atoms with Crippen LogP contribution in [0, 0.1) is 0 Å². The van der Waals surface area contributed by atoms with Crippen molar-refractivity contribution in [2.75, 3.05) is 20.0 Å². The molecule has 162 valence electrons. The summed E-state index contributed by atoms with van der Waals surface area (Å²) in [5.74, 6) is 1.82. The number of hydrazone groups is 1. The van der Waals surface area contributed by atoms with Gasteiger partial charge in [-0.2, -0.15) is 5.10 Å². The summed E-state index contributed by atoms with van der Waals surface area (Å²) < 4.78 is 14.1. The molecule has 2 aromatic carbocycles. The van der Waals surface area contributed by atoms with Gasteiger partial charge in [0.2, 0.25) is 0 Å². The predicted octanol–water partition coefficient (Wildman–Crippen LogP) is 4.27. The van der Waals surface area contributed by atoms with Crippen LogP contribution in [0.2, 0.25) is 0 Å². The van der Waals surface area contributed by atoms with Gasteiger partial charge in [-0.25, -0.2) is 5.43 Å². The number of ether oxygens (including phenoxy) is 2. The first kappa shape index (κ1) is 23.3. The molecule has 0 saturated heterocycles. The molecule has 3 rings (SSSR count). The number of carbonyl (C=O) groups is 1. The Labute approximate surface area is 200 Å². The molecule has 8 nitrogen and oxygen atoms in total. The van der Waals surface area contributed by atoms with Crippen molar-refractivity contribution in [3.05, 3.63) is 50.9 Å². The zero-order valence-electron chi connectivity index (χ0n) is 16.9. The Kier molecular flexibility index (Phi) is 8.10. The molecule has 1 aromatic heterocycles. The fraction of sp³-hybridized carbons (Fsp3) is 0.200. The standard InChI is InChI=1S/C20H19Br2N5O3S/c1-27-19(12-5-4-6-14(21)7-12)25-26-20(27)31-11-18(28)24-23-10-13-8-15(22)17(30-3)9-16(13)29-2/h4-10H,11H2,1-3H3,(H,24,28). The lowest BCUT2D eigenvalue weighted by molar-refractivity contribution is -0.118. The highest BCUT2D eigenvalue weighted by molar-refractivity contribution is 9.10. The Bertz CT molecular complexity index is 1120. The first-order chi connectivity index (χ1) is 14.9. The second-order valence-electron chi connectivity index (χ2n) is 6.19. The molecule has 0 saturated carbocycles. The molecule has 0 unspecified atom stereocenters. The van der Waals surface area contributed by atoms with Crippen LogP contribution in [-0.4, -0.2) is 46.9 Å². The molecule has 3 aromatic rings. The van der Waals surface area contributed by atoms with E-state index in [4.69, 9.17) is 9.47 Å². The number of nitrogens with zero attached hydrogens (tertiary/aromatic N) is 4. The van der Waals surface area contributed by atoms with Gasteiger partial charge in [0.15, 0.2) is 11.0 Å². The fourth-order valence-corrected chi connectivity index (χ4v) is 4.27. The minimum absolute atomic E-state index is 0.144. The van der Waals surface area contributed by atoms with Crippen molar-refractivity contribution < 1.29 is 14.3 Å². The highest BCUT2D eigenvalue weighted by Gasteiger charge is 2.13. The normalized spacial score (nSPS) is 11.0. The minimum atomic E-state index is -0.264. The lowest BCUT2D eigenvalue weighted by atomic mass is 10.2. The summed E-state index contributed by atoms with van der Waals surface area (Å²) in [5.41, 5.74) is 4.14. The third kappa shape index (κ3) is 5.86. The molecule has 1 amide bonds. The minimum Gasteiger partial charge on any atom is -0.496 e. The van der Waals surface area contributed by atoms with E-state index >= 15 is 0 Å². The summed E-state index contributed by atoms with van der Waals surface area (Å²) in [4.78, 5) is 12.2. The first-order valence-electron chi connectivity index (χ1n) is 8.94. The van der Waals surface area contributed by atoms with Crippen molar-refractivity contribution in [3.63, 3.8) is 0 Å². The van der Waals surface area contributed by atoms with Gasteiger partial charge in [0.25, 0.3) is 5.91 Å². The van der Waals surface area contributed by atoms with E-state index in [2.05, 4.69) is 52.6 Å². The van der Waals surface area contributed by atoms with E-state index in [1.54, 1.807) is 26.4 Å². The van der Waals surface area contributed by atoms with Crippen molar-refractivity contribution in [2.45, 2.75) is 5.16 Å². The molecule has 0 fully saturated rings. The lowest BCUT2D eigenvalue weighted by Crippen LogP contribution is -2.20. The van der Waals surface area contributed by atoms with E-state index in [9.17, 15) is 4.79 Å². The fourth-order valence-electron chi connectivity index (χ4n) is 2.64. The summed E-state index contributed by atoms with van der Waals surface area (Å²) in [6.07, 6.45) is 1.51. The highest BCUT2D eigenvalue weighted by atomic mass is 79.9. The second kappa shape index (κ2) is 10.8. The third-order valence-electron chi connectivity index (χ3n) is 4.15. The molecule has 1 heterocycles. The summed E-state index contributed by atoms with van der Waals surface area (Å²) in [5, 5.41) is 13.1. The Balaban J connectivity index is 1.60. The summed E-state index contributed by atoms with van der Waals surface area (Å²) in [6.45, 7) is 0. The van der Waals surface area contributed by atoms with Crippen molar-refractivity contribution >= 4 is 55.7 Å². The molecule has 0 bridgehead atoms. The second-order valence-corrected chi connectivity index (χ2v) is 8.90. The van der Waals surface area contributed by atoms with Crippen LogP contribution in [0.4, 0.5) is 0 Å². The number of carbonyl (C=O) groups excluding carboxylic acids is 1. The van der Waals surface area contributed by atoms with Crippen LogP contribution in [0.3, 0.4) is 0 Å². The van der Waals surface area contributed by atoms with Gasteiger partial charge in [0.1, 0.15) is 11.5 Å². The maximum absolute atomic E-state index is 12.2. The smallest absolute Gasteiger partial charge is 0.250 e. The van der Waals surface area contributed by atoms with E-state index in [-0.39, 0.29) is 11.7 Å². The van der Waals surface area contributed by atoms with E-state index in [0.29, 0.717) is 22.2 Å². The molecule has 0 atom stereocenters. The molecular formula is C20H19Br2N5O3S. The molecule has 1 N–H and O–H groups in total. The number of benzene rings is 2. The Hall–Kier alpha value is -2.37. The predicted molar refractivity (Wildman–Crippen MR) is 128 cm³/mol. The maximum atomic E-state index is 12.2. The van der Waals surface area contributed by atoms with Crippen LogP contribution in [-0.2, 0) is 11.8 Å². The van der Waals surface area contributed by atoms with Crippen LogP contribution < -0.4 is 14.9 Å². The quantitative estimate of drug-likeness (QED) is 0.248. The zero-order valence-corrected chi connectivity index (χ0v) is 20.9. The van der Waals surface area contributed by atoms with Crippen molar-refractivity contribution in [1.82, 2.24) is 20.2 Å². The number of methoxy groups -OCH3 is 2. The number of hydrogen-bond acceptors (Lipinski definition) is 7. The van der Waals surface area contributed by atoms with Gasteiger partial charge in [-0.3, -0.25) is 4.79 Å². The topological polar surface area (TPSA) is 90.6 Å². The molecule has 0 aliphatic carbocycles. The van der Waals surface area contributed by atoms with Crippen molar-refractivity contribution in [2.24, 2.45) is 12.1 Å². The molecule has 0 spiro atoms. The Morgan fingerprint density at radius 3 is 2.68 bits per heavy atom. The number of rotatable bonds is 8. The van der Waals surface area contributed by atoms with Crippen LogP contribution >= 0.6 is 43.6 Å². The highest BCUT2D eigenvalue weighted by Crippen LogP contribution is 2.32. The van der Waals surface area contributed by atoms with Crippen LogP contribution in [0.5, 0.6) is 11.5 Å². The summed E-state index contributed by atoms with van der Waals surface area (Å²) >= 11 is 8.16. The molecule has 0 aliphatic heterocycles. The van der Waals surface area contributed by atoms with Crippen LogP contribution in [0.1, 0.15) is 5.56 Å². The van der Waals surface area contributed by atoms with Gasteiger partial charge in [0, 0.05) is 28.7 Å². The Morgan fingerprint density at radius 1 is 1.19 bits per heavy atom. The SMILES string of the molecule is COc1cc(OC)c(C=NNC(=O)CSc2nnc(-c3cccc(Br)c3)n2C)cc1Br. The monoisotopic (exact) mass is 567 g/mol. The average molecular weight is 569 g/mol. The van der Waals surface area contributed by atoms with Gasteiger partial charge in [-0.05, 0) is 34.1 Å². The molecule has 0 radical (unpaired) electrons. The van der Waals surface area contributed by atoms with Crippen molar-refractivity contribution in [3.8, 4) is 22.9 Å². The van der Waals surface area contributed by atoms with E-state index in [1.165, 1.54) is 18.0 Å². The van der Waals surface area contributed by atoms with Gasteiger partial charge in [0.05, 0.1) is 30.7 Å². The van der Waals surface area contributed by atoms with Crippen LogP contribution in [0.25, 0.3) is 11.4 Å². The number of halogens is 2. The van der Waals surface area contributed by atoms with Gasteiger partial charge < -0.3 is 14.0 Å². The average Bonchev–Trinajstić information content (AvgIpc) is 3.12. The number of thioether (sulfide) groups is 1. The largest absolute Gasteiger partial charge is 0.496 e. The molecule has 11 heteroatoms. The lowest BCUT2D eigenvalue weighted by Gasteiger charge is -2.09. The molecule has 0 aliphatic rings. The number of amides is 1. The summed E-state index contributed by atoms with van der Waals surface area (Å²) in [6, 6.07) is 11.3.